The van der Waals surface area contributed by atoms with Gasteiger partial charge in [-0.05, 0) is 35.8 Å². The van der Waals surface area contributed by atoms with Crippen molar-refractivity contribution in [2.75, 3.05) is 0 Å². The zero-order chi connectivity index (χ0) is 14.2. The zero-order valence-electron chi connectivity index (χ0n) is 10.3. The Kier molecular flexibility index (Phi) is 3.57. The molecule has 0 fully saturated rings. The lowest BCUT2D eigenvalue weighted by Crippen LogP contribution is -2.22. The minimum Gasteiger partial charge on any atom is -0.478 e. The van der Waals surface area contributed by atoms with Crippen molar-refractivity contribution < 1.29 is 14.3 Å². The van der Waals surface area contributed by atoms with Gasteiger partial charge in [-0.25, -0.2) is 9.78 Å². The summed E-state index contributed by atoms with van der Waals surface area (Å²) in [6.45, 7) is 3.42. The summed E-state index contributed by atoms with van der Waals surface area (Å²) in [6.07, 6.45) is 1.40. The predicted octanol–water partition coefficient (Wildman–Crippen LogP) is 1.96. The average molecular weight is 327 g/mol. The molecule has 2 aromatic rings. The third-order valence-electron chi connectivity index (χ3n) is 2.68. The molecule has 1 N–H and O–H groups in total. The first-order valence-corrected chi connectivity index (χ1v) is 6.23. The van der Waals surface area contributed by atoms with Crippen molar-refractivity contribution in [1.29, 1.82) is 0 Å². The monoisotopic (exact) mass is 326 g/mol. The van der Waals surface area contributed by atoms with Crippen LogP contribution in [0.25, 0.3) is 0 Å². The van der Waals surface area contributed by atoms with E-state index in [2.05, 4.69) is 20.9 Å². The number of carbonyl (C=O) groups is 1. The minimum absolute atomic E-state index is 0.0992. The van der Waals surface area contributed by atoms with E-state index in [-0.39, 0.29) is 17.7 Å². The summed E-state index contributed by atoms with van der Waals surface area (Å²) in [5.74, 6) is -0.340. The van der Waals surface area contributed by atoms with Crippen molar-refractivity contribution in [2.45, 2.75) is 20.4 Å². The number of hydrogen-bond donors (Lipinski definition) is 1. The Morgan fingerprint density at radius 3 is 2.79 bits per heavy atom. The first-order chi connectivity index (χ1) is 8.90. The number of halogens is 1. The topological polar surface area (TPSA) is 85.3 Å². The molecular formula is C12H11BrN2O4. The van der Waals surface area contributed by atoms with E-state index in [1.165, 1.54) is 17.0 Å². The Morgan fingerprint density at radius 2 is 2.21 bits per heavy atom. The standard InChI is InChI=1S/C12H11BrN2O4/c1-6-10(13)11(16)15(5-14-6)4-8-3-9(12(17)18)7(2)19-8/h3,5H,4H2,1-2H3,(H,17,18). The Hall–Kier alpha value is -1.89. The van der Waals surface area contributed by atoms with Crippen LogP contribution in [0.3, 0.4) is 0 Å². The van der Waals surface area contributed by atoms with Gasteiger partial charge in [0.15, 0.2) is 0 Å². The Balaban J connectivity index is 2.37. The first kappa shape index (κ1) is 13.5. The van der Waals surface area contributed by atoms with Crippen LogP contribution in [0.1, 0.15) is 27.6 Å². The highest BCUT2D eigenvalue weighted by Crippen LogP contribution is 2.15. The predicted molar refractivity (Wildman–Crippen MR) is 70.4 cm³/mol. The second-order valence-electron chi connectivity index (χ2n) is 4.06. The van der Waals surface area contributed by atoms with Crippen LogP contribution in [-0.2, 0) is 6.54 Å². The van der Waals surface area contributed by atoms with E-state index in [1.807, 2.05) is 0 Å². The largest absolute Gasteiger partial charge is 0.478 e. The lowest BCUT2D eigenvalue weighted by Gasteiger charge is -2.04. The molecule has 0 radical (unpaired) electrons. The molecule has 2 heterocycles. The normalized spacial score (nSPS) is 10.7. The fraction of sp³-hybridized carbons (Fsp3) is 0.250. The van der Waals surface area contributed by atoms with E-state index in [0.717, 1.165) is 0 Å². The number of aromatic carboxylic acids is 1. The second kappa shape index (κ2) is 5.00. The maximum atomic E-state index is 11.9. The fourth-order valence-electron chi connectivity index (χ4n) is 1.66. The lowest BCUT2D eigenvalue weighted by atomic mass is 10.2. The smallest absolute Gasteiger partial charge is 0.339 e. The van der Waals surface area contributed by atoms with Crippen molar-refractivity contribution in [2.24, 2.45) is 0 Å². The maximum absolute atomic E-state index is 11.9. The van der Waals surface area contributed by atoms with Crippen LogP contribution in [0.4, 0.5) is 0 Å². The molecule has 100 valence electrons. The summed E-state index contributed by atoms with van der Waals surface area (Å²) >= 11 is 3.17. The Labute approximate surface area is 116 Å². The second-order valence-corrected chi connectivity index (χ2v) is 4.86. The highest BCUT2D eigenvalue weighted by atomic mass is 79.9. The number of furan rings is 1. The molecule has 2 rings (SSSR count). The van der Waals surface area contributed by atoms with Gasteiger partial charge < -0.3 is 9.52 Å². The molecule has 0 spiro atoms. The third-order valence-corrected chi connectivity index (χ3v) is 3.60. The van der Waals surface area contributed by atoms with Crippen LogP contribution in [0.15, 0.2) is 26.1 Å². The molecule has 0 aromatic carbocycles. The van der Waals surface area contributed by atoms with E-state index in [1.54, 1.807) is 13.8 Å². The van der Waals surface area contributed by atoms with E-state index < -0.39 is 5.97 Å². The number of hydrogen-bond acceptors (Lipinski definition) is 4. The molecule has 0 amide bonds. The lowest BCUT2D eigenvalue weighted by molar-refractivity contribution is 0.0695. The van der Waals surface area contributed by atoms with Crippen LogP contribution in [0.2, 0.25) is 0 Å². The molecule has 0 bridgehead atoms. The van der Waals surface area contributed by atoms with Crippen molar-refractivity contribution >= 4 is 21.9 Å². The molecule has 6 nitrogen and oxygen atoms in total. The molecule has 0 aliphatic heterocycles. The fourth-order valence-corrected chi connectivity index (χ4v) is 1.99. The zero-order valence-corrected chi connectivity index (χ0v) is 11.9. The summed E-state index contributed by atoms with van der Waals surface area (Å²) in [5, 5.41) is 8.93. The molecule has 0 saturated carbocycles. The Morgan fingerprint density at radius 1 is 1.53 bits per heavy atom. The van der Waals surface area contributed by atoms with Crippen LogP contribution >= 0.6 is 15.9 Å². The summed E-state index contributed by atoms with van der Waals surface area (Å²) in [7, 11) is 0. The SMILES string of the molecule is Cc1ncn(Cc2cc(C(=O)O)c(C)o2)c(=O)c1Br. The van der Waals surface area contributed by atoms with E-state index in [4.69, 9.17) is 9.52 Å². The van der Waals surface area contributed by atoms with Crippen LogP contribution < -0.4 is 5.56 Å². The molecule has 0 aliphatic carbocycles. The number of carboxylic acid groups (broad SMARTS) is 1. The van der Waals surface area contributed by atoms with Crippen LogP contribution in [-0.4, -0.2) is 20.6 Å². The third kappa shape index (κ3) is 2.60. The van der Waals surface area contributed by atoms with Crippen molar-refractivity contribution in [1.82, 2.24) is 9.55 Å². The number of aromatic nitrogens is 2. The van der Waals surface area contributed by atoms with Gasteiger partial charge in [0.2, 0.25) is 0 Å². The highest BCUT2D eigenvalue weighted by molar-refractivity contribution is 9.10. The molecule has 0 unspecified atom stereocenters. The summed E-state index contributed by atoms with van der Waals surface area (Å²) in [6, 6.07) is 1.41. The molecule has 2 aromatic heterocycles. The molecular weight excluding hydrogens is 316 g/mol. The van der Waals surface area contributed by atoms with Gasteiger partial charge in [-0.15, -0.1) is 0 Å². The van der Waals surface area contributed by atoms with Gasteiger partial charge in [-0.1, -0.05) is 0 Å². The molecule has 0 saturated heterocycles. The van der Waals surface area contributed by atoms with Gasteiger partial charge in [0, 0.05) is 0 Å². The summed E-state index contributed by atoms with van der Waals surface area (Å²) in [4.78, 5) is 26.9. The van der Waals surface area contributed by atoms with Gasteiger partial charge in [0.05, 0.1) is 18.6 Å². The average Bonchev–Trinajstić information content (AvgIpc) is 2.71. The molecule has 0 atom stereocenters. The van der Waals surface area contributed by atoms with E-state index in [0.29, 0.717) is 21.7 Å². The quantitative estimate of drug-likeness (QED) is 0.931. The summed E-state index contributed by atoms with van der Waals surface area (Å²) in [5.41, 5.74) is 0.462. The van der Waals surface area contributed by atoms with Crippen molar-refractivity contribution in [3.63, 3.8) is 0 Å². The maximum Gasteiger partial charge on any atom is 0.339 e. The van der Waals surface area contributed by atoms with Gasteiger partial charge in [-0.3, -0.25) is 9.36 Å². The first-order valence-electron chi connectivity index (χ1n) is 5.44. The number of rotatable bonds is 3. The van der Waals surface area contributed by atoms with Gasteiger partial charge in [-0.2, -0.15) is 0 Å². The molecule has 7 heteroatoms. The number of aryl methyl sites for hydroxylation is 2. The van der Waals surface area contributed by atoms with E-state index >= 15 is 0 Å². The van der Waals surface area contributed by atoms with Crippen molar-refractivity contribution in [3.05, 3.63) is 50.0 Å². The number of carboxylic acids is 1. The van der Waals surface area contributed by atoms with Gasteiger partial charge >= 0.3 is 5.97 Å². The Bertz CT molecular complexity index is 702. The highest BCUT2D eigenvalue weighted by Gasteiger charge is 2.15. The van der Waals surface area contributed by atoms with Crippen molar-refractivity contribution in [3.8, 4) is 0 Å². The van der Waals surface area contributed by atoms with Gasteiger partial charge in [0.25, 0.3) is 5.56 Å². The van der Waals surface area contributed by atoms with Crippen LogP contribution in [0, 0.1) is 13.8 Å². The van der Waals surface area contributed by atoms with Gasteiger partial charge in [0.1, 0.15) is 21.6 Å². The molecule has 0 aliphatic rings. The molecule has 19 heavy (non-hydrogen) atoms. The van der Waals surface area contributed by atoms with E-state index in [9.17, 15) is 9.59 Å². The number of nitrogens with zero attached hydrogens (tertiary/aromatic N) is 2. The summed E-state index contributed by atoms with van der Waals surface area (Å²) < 4.78 is 7.06. The minimum atomic E-state index is -1.05. The van der Waals surface area contributed by atoms with Crippen LogP contribution in [0.5, 0.6) is 0 Å².